The fraction of sp³-hybridized carbons (Fsp3) is 0.308. The molecule has 0 aliphatic carbocycles. The Kier molecular flexibility index (Phi) is 4.45. The topological polar surface area (TPSA) is 66.5 Å². The fourth-order valence-corrected chi connectivity index (χ4v) is 2.81. The van der Waals surface area contributed by atoms with Gasteiger partial charge in [0.25, 0.3) is 0 Å². The van der Waals surface area contributed by atoms with E-state index in [9.17, 15) is 14.4 Å². The van der Waals surface area contributed by atoms with Gasteiger partial charge in [-0.25, -0.2) is 9.69 Å². The Morgan fingerprint density at radius 3 is 2.65 bits per heavy atom. The molecule has 5 nitrogen and oxygen atoms in total. The fourth-order valence-electron chi connectivity index (χ4n) is 2.05. The van der Waals surface area contributed by atoms with Gasteiger partial charge < -0.3 is 0 Å². The van der Waals surface area contributed by atoms with Crippen LogP contribution in [0.3, 0.4) is 0 Å². The number of urea groups is 1. The molecule has 1 N–H and O–H groups in total. The zero-order valence-electron chi connectivity index (χ0n) is 10.7. The molecule has 1 atom stereocenters. The lowest BCUT2D eigenvalue weighted by atomic mass is 9.99. The molecule has 7 heteroatoms. The third-order valence-corrected chi connectivity index (χ3v) is 3.79. The van der Waals surface area contributed by atoms with Crippen molar-refractivity contribution in [3.05, 3.63) is 27.7 Å². The number of benzene rings is 1. The Hall–Kier alpha value is -1.40. The molecule has 1 saturated heterocycles. The molecular weight excluding hydrogens is 348 g/mol. The lowest BCUT2D eigenvalue weighted by Crippen LogP contribution is -2.58. The maximum Gasteiger partial charge on any atom is 0.335 e. The molecule has 4 amide bonds. The minimum atomic E-state index is -0.850. The number of amides is 4. The van der Waals surface area contributed by atoms with E-state index in [1.807, 2.05) is 6.92 Å². The lowest BCUT2D eigenvalue weighted by molar-refractivity contribution is -0.134. The van der Waals surface area contributed by atoms with Crippen LogP contribution in [-0.2, 0) is 9.59 Å². The summed E-state index contributed by atoms with van der Waals surface area (Å²) in [6.07, 6.45) is 1.06. The highest BCUT2D eigenvalue weighted by molar-refractivity contribution is 9.10. The molecule has 0 radical (unpaired) electrons. The van der Waals surface area contributed by atoms with Gasteiger partial charge in [-0.05, 0) is 24.6 Å². The maximum atomic E-state index is 12.3. The molecular formula is C13H12BrClN2O3. The second-order valence-electron chi connectivity index (χ2n) is 4.41. The van der Waals surface area contributed by atoms with E-state index in [-0.39, 0.29) is 10.7 Å². The van der Waals surface area contributed by atoms with Crippen molar-refractivity contribution in [1.29, 1.82) is 0 Å². The number of carbonyl (C=O) groups excluding carboxylic acids is 3. The number of hydrogen-bond acceptors (Lipinski definition) is 3. The van der Waals surface area contributed by atoms with Crippen LogP contribution >= 0.6 is 27.5 Å². The van der Waals surface area contributed by atoms with E-state index in [0.717, 1.165) is 9.37 Å². The van der Waals surface area contributed by atoms with E-state index in [0.29, 0.717) is 12.8 Å². The van der Waals surface area contributed by atoms with Crippen molar-refractivity contribution in [2.24, 2.45) is 5.92 Å². The zero-order valence-corrected chi connectivity index (χ0v) is 13.0. The smallest absolute Gasteiger partial charge is 0.277 e. The quantitative estimate of drug-likeness (QED) is 0.843. The van der Waals surface area contributed by atoms with Crippen LogP contribution in [0.5, 0.6) is 0 Å². The van der Waals surface area contributed by atoms with E-state index >= 15 is 0 Å². The van der Waals surface area contributed by atoms with Gasteiger partial charge in [-0.3, -0.25) is 14.9 Å². The number of barbiturate groups is 1. The molecule has 1 aromatic carbocycles. The first-order valence-corrected chi connectivity index (χ1v) is 7.26. The summed E-state index contributed by atoms with van der Waals surface area (Å²) in [4.78, 5) is 36.9. The third kappa shape index (κ3) is 2.71. The number of anilines is 1. The highest BCUT2D eigenvalue weighted by Gasteiger charge is 2.41. The van der Waals surface area contributed by atoms with E-state index in [1.54, 1.807) is 18.2 Å². The van der Waals surface area contributed by atoms with Crippen LogP contribution in [0.25, 0.3) is 0 Å². The normalized spacial score (nSPS) is 19.2. The SMILES string of the molecule is CCCC1C(=O)NC(=O)N(c2ccc(Br)cc2Cl)C1=O. The van der Waals surface area contributed by atoms with Gasteiger partial charge in [-0.2, -0.15) is 0 Å². The van der Waals surface area contributed by atoms with Crippen molar-refractivity contribution >= 4 is 51.1 Å². The van der Waals surface area contributed by atoms with Gasteiger partial charge in [0, 0.05) is 4.47 Å². The second kappa shape index (κ2) is 5.93. The Balaban J connectivity index is 2.41. The molecule has 0 spiro atoms. The van der Waals surface area contributed by atoms with Gasteiger partial charge in [-0.15, -0.1) is 0 Å². The first-order chi connectivity index (χ1) is 9.45. The average Bonchev–Trinajstić information content (AvgIpc) is 2.37. The number of hydrogen-bond donors (Lipinski definition) is 1. The van der Waals surface area contributed by atoms with Crippen molar-refractivity contribution in [2.75, 3.05) is 4.90 Å². The van der Waals surface area contributed by atoms with Crippen molar-refractivity contribution in [3.8, 4) is 0 Å². The molecule has 1 aliphatic heterocycles. The van der Waals surface area contributed by atoms with Crippen LogP contribution in [-0.4, -0.2) is 17.8 Å². The number of nitrogens with zero attached hydrogens (tertiary/aromatic N) is 1. The summed E-state index contributed by atoms with van der Waals surface area (Å²) in [6.45, 7) is 1.87. The summed E-state index contributed by atoms with van der Waals surface area (Å²) in [5, 5.41) is 2.45. The van der Waals surface area contributed by atoms with Gasteiger partial charge in [0.1, 0.15) is 5.92 Å². The van der Waals surface area contributed by atoms with Crippen LogP contribution < -0.4 is 10.2 Å². The highest BCUT2D eigenvalue weighted by Crippen LogP contribution is 2.31. The Morgan fingerprint density at radius 2 is 2.05 bits per heavy atom. The highest BCUT2D eigenvalue weighted by atomic mass is 79.9. The molecule has 20 heavy (non-hydrogen) atoms. The third-order valence-electron chi connectivity index (χ3n) is 3.00. The number of rotatable bonds is 3. The molecule has 1 fully saturated rings. The van der Waals surface area contributed by atoms with Gasteiger partial charge in [0.15, 0.2) is 0 Å². The Labute approximate surface area is 129 Å². The second-order valence-corrected chi connectivity index (χ2v) is 5.73. The van der Waals surface area contributed by atoms with Crippen molar-refractivity contribution in [3.63, 3.8) is 0 Å². The Bertz CT molecular complexity index is 591. The molecule has 0 saturated carbocycles. The number of imide groups is 2. The van der Waals surface area contributed by atoms with Crippen molar-refractivity contribution < 1.29 is 14.4 Å². The predicted molar refractivity (Wildman–Crippen MR) is 78.6 cm³/mol. The number of carbonyl (C=O) groups is 3. The summed E-state index contributed by atoms with van der Waals surface area (Å²) in [7, 11) is 0. The molecule has 1 aromatic rings. The minimum absolute atomic E-state index is 0.257. The molecule has 0 aromatic heterocycles. The van der Waals surface area contributed by atoms with Gasteiger partial charge in [0.05, 0.1) is 10.7 Å². The largest absolute Gasteiger partial charge is 0.335 e. The standard InChI is InChI=1S/C13H12BrClN2O3/c1-2-3-8-11(18)16-13(20)17(12(8)19)10-5-4-7(14)6-9(10)15/h4-6,8H,2-3H2,1H3,(H,16,18,20). The Morgan fingerprint density at radius 1 is 1.35 bits per heavy atom. The molecule has 1 aliphatic rings. The summed E-state index contributed by atoms with van der Waals surface area (Å²) in [5.41, 5.74) is 0.269. The molecule has 0 bridgehead atoms. The van der Waals surface area contributed by atoms with Crippen LogP contribution in [0.15, 0.2) is 22.7 Å². The van der Waals surface area contributed by atoms with Gasteiger partial charge in [0.2, 0.25) is 11.8 Å². The van der Waals surface area contributed by atoms with E-state index < -0.39 is 23.8 Å². The molecule has 2 rings (SSSR count). The van der Waals surface area contributed by atoms with Crippen molar-refractivity contribution in [1.82, 2.24) is 5.32 Å². The molecule has 1 heterocycles. The summed E-state index contributed by atoms with van der Waals surface area (Å²) in [6, 6.07) is 4.05. The van der Waals surface area contributed by atoms with E-state index in [4.69, 9.17) is 11.6 Å². The van der Waals surface area contributed by atoms with E-state index in [1.165, 1.54) is 0 Å². The zero-order chi connectivity index (χ0) is 14.9. The van der Waals surface area contributed by atoms with Crippen LogP contribution in [0.1, 0.15) is 19.8 Å². The van der Waals surface area contributed by atoms with Gasteiger partial charge >= 0.3 is 6.03 Å². The number of nitrogens with one attached hydrogen (secondary N) is 1. The first kappa shape index (κ1) is 15.0. The summed E-state index contributed by atoms with van der Waals surface area (Å²) >= 11 is 9.32. The number of halogens is 2. The van der Waals surface area contributed by atoms with Crippen LogP contribution in [0, 0.1) is 5.92 Å². The average molecular weight is 360 g/mol. The minimum Gasteiger partial charge on any atom is -0.277 e. The summed E-state index contributed by atoms with van der Waals surface area (Å²) < 4.78 is 0.734. The maximum absolute atomic E-state index is 12.3. The summed E-state index contributed by atoms with van der Waals surface area (Å²) in [5.74, 6) is -1.94. The predicted octanol–water partition coefficient (Wildman–Crippen LogP) is 3.10. The first-order valence-electron chi connectivity index (χ1n) is 6.09. The van der Waals surface area contributed by atoms with Crippen LogP contribution in [0.4, 0.5) is 10.5 Å². The van der Waals surface area contributed by atoms with Crippen molar-refractivity contribution in [2.45, 2.75) is 19.8 Å². The lowest BCUT2D eigenvalue weighted by Gasteiger charge is -2.30. The van der Waals surface area contributed by atoms with Crippen LogP contribution in [0.2, 0.25) is 5.02 Å². The van der Waals surface area contributed by atoms with E-state index in [2.05, 4.69) is 21.2 Å². The monoisotopic (exact) mass is 358 g/mol. The van der Waals surface area contributed by atoms with Gasteiger partial charge in [-0.1, -0.05) is 40.9 Å². The molecule has 1 unspecified atom stereocenters. The molecule has 106 valence electrons.